The Hall–Kier alpha value is -2.22. The first-order valence-corrected chi connectivity index (χ1v) is 7.09. The zero-order valence-electron chi connectivity index (χ0n) is 12.3. The molecule has 2 aromatic heterocycles. The van der Waals surface area contributed by atoms with Crippen molar-refractivity contribution in [3.63, 3.8) is 0 Å². The highest BCUT2D eigenvalue weighted by Crippen LogP contribution is 2.19. The molecule has 21 heavy (non-hydrogen) atoms. The maximum absolute atomic E-state index is 5.38. The van der Waals surface area contributed by atoms with Crippen LogP contribution in [0.15, 0.2) is 12.3 Å². The van der Waals surface area contributed by atoms with Crippen molar-refractivity contribution >= 4 is 11.9 Å². The summed E-state index contributed by atoms with van der Waals surface area (Å²) in [5.74, 6) is 1.90. The lowest BCUT2D eigenvalue weighted by atomic mass is 10.4. The molecule has 3 heterocycles. The van der Waals surface area contributed by atoms with Crippen molar-refractivity contribution in [2.75, 3.05) is 43.1 Å². The van der Waals surface area contributed by atoms with Crippen LogP contribution < -0.4 is 10.2 Å². The lowest BCUT2D eigenvalue weighted by Crippen LogP contribution is -2.37. The molecule has 0 saturated carbocycles. The van der Waals surface area contributed by atoms with E-state index in [4.69, 9.17) is 4.74 Å². The summed E-state index contributed by atoms with van der Waals surface area (Å²) in [4.78, 5) is 15.7. The van der Waals surface area contributed by atoms with E-state index in [-0.39, 0.29) is 0 Å². The Balaban J connectivity index is 1.99. The standard InChI is InChI=1S/C13H19N7O/c1-3-14-12-16-11(10-4-5-15-19(10)2)17-13(18-12)20-6-8-21-9-7-20/h4-5H,3,6-9H2,1-2H3,(H,14,16,17,18). The topological polar surface area (TPSA) is 81.0 Å². The van der Waals surface area contributed by atoms with E-state index in [2.05, 4.69) is 30.3 Å². The smallest absolute Gasteiger partial charge is 0.230 e. The molecule has 1 aliphatic rings. The van der Waals surface area contributed by atoms with Crippen molar-refractivity contribution in [3.8, 4) is 11.5 Å². The van der Waals surface area contributed by atoms with Crippen LogP contribution in [0, 0.1) is 0 Å². The molecular weight excluding hydrogens is 270 g/mol. The molecule has 3 rings (SSSR count). The Morgan fingerprint density at radius 2 is 2.05 bits per heavy atom. The number of rotatable bonds is 4. The normalized spacial score (nSPS) is 15.2. The number of ether oxygens (including phenoxy) is 1. The van der Waals surface area contributed by atoms with Gasteiger partial charge >= 0.3 is 0 Å². The Bertz CT molecular complexity index is 606. The fourth-order valence-electron chi connectivity index (χ4n) is 2.21. The van der Waals surface area contributed by atoms with Crippen LogP contribution in [0.1, 0.15) is 6.92 Å². The Labute approximate surface area is 123 Å². The summed E-state index contributed by atoms with van der Waals surface area (Å²) in [5.41, 5.74) is 0.867. The van der Waals surface area contributed by atoms with Gasteiger partial charge in [0.1, 0.15) is 5.69 Å². The van der Waals surface area contributed by atoms with E-state index in [1.807, 2.05) is 20.0 Å². The maximum atomic E-state index is 5.38. The second-order valence-corrected chi connectivity index (χ2v) is 4.75. The number of aromatic nitrogens is 5. The molecule has 0 spiro atoms. The molecule has 2 aromatic rings. The van der Waals surface area contributed by atoms with Crippen LogP contribution in [0.3, 0.4) is 0 Å². The molecule has 1 aliphatic heterocycles. The average molecular weight is 289 g/mol. The van der Waals surface area contributed by atoms with Crippen molar-refractivity contribution < 1.29 is 4.74 Å². The first-order valence-electron chi connectivity index (χ1n) is 7.09. The quantitative estimate of drug-likeness (QED) is 0.879. The predicted octanol–water partition coefficient (Wildman–Crippen LogP) is 0.540. The zero-order chi connectivity index (χ0) is 14.7. The number of hydrogen-bond acceptors (Lipinski definition) is 7. The summed E-state index contributed by atoms with van der Waals surface area (Å²) in [5, 5.41) is 7.33. The highest BCUT2D eigenvalue weighted by Gasteiger charge is 2.18. The first-order chi connectivity index (χ1) is 10.3. The third kappa shape index (κ3) is 2.94. The van der Waals surface area contributed by atoms with Crippen LogP contribution >= 0.6 is 0 Å². The van der Waals surface area contributed by atoms with Crippen molar-refractivity contribution in [3.05, 3.63) is 12.3 Å². The Kier molecular flexibility index (Phi) is 3.96. The minimum atomic E-state index is 0.588. The molecular formula is C13H19N7O. The fourth-order valence-corrected chi connectivity index (χ4v) is 2.21. The fraction of sp³-hybridized carbons (Fsp3) is 0.538. The minimum Gasteiger partial charge on any atom is -0.378 e. The molecule has 112 valence electrons. The summed E-state index contributed by atoms with van der Waals surface area (Å²) in [6, 6.07) is 1.90. The van der Waals surface area contributed by atoms with Gasteiger partial charge in [-0.3, -0.25) is 4.68 Å². The Morgan fingerprint density at radius 3 is 2.71 bits per heavy atom. The minimum absolute atomic E-state index is 0.588. The third-order valence-corrected chi connectivity index (χ3v) is 3.30. The van der Waals surface area contributed by atoms with E-state index in [0.717, 1.165) is 25.3 Å². The molecule has 0 amide bonds. The maximum Gasteiger partial charge on any atom is 0.230 e. The predicted molar refractivity (Wildman–Crippen MR) is 79.2 cm³/mol. The molecule has 1 fully saturated rings. The van der Waals surface area contributed by atoms with E-state index >= 15 is 0 Å². The Morgan fingerprint density at radius 1 is 1.24 bits per heavy atom. The molecule has 0 unspecified atom stereocenters. The van der Waals surface area contributed by atoms with Crippen LogP contribution in [0.4, 0.5) is 11.9 Å². The number of morpholine rings is 1. The van der Waals surface area contributed by atoms with Gasteiger partial charge in [-0.1, -0.05) is 0 Å². The van der Waals surface area contributed by atoms with E-state index in [9.17, 15) is 0 Å². The highest BCUT2D eigenvalue weighted by atomic mass is 16.5. The number of hydrogen-bond donors (Lipinski definition) is 1. The second-order valence-electron chi connectivity index (χ2n) is 4.75. The third-order valence-electron chi connectivity index (χ3n) is 3.30. The SMILES string of the molecule is CCNc1nc(-c2ccnn2C)nc(N2CCOCC2)n1. The van der Waals surface area contributed by atoms with Crippen LogP contribution in [-0.4, -0.2) is 57.6 Å². The van der Waals surface area contributed by atoms with Crippen LogP contribution in [0.5, 0.6) is 0 Å². The average Bonchev–Trinajstić information content (AvgIpc) is 2.94. The zero-order valence-corrected chi connectivity index (χ0v) is 12.3. The van der Waals surface area contributed by atoms with Gasteiger partial charge < -0.3 is 15.0 Å². The van der Waals surface area contributed by atoms with Gasteiger partial charge in [-0.05, 0) is 13.0 Å². The van der Waals surface area contributed by atoms with E-state index in [1.165, 1.54) is 0 Å². The monoisotopic (exact) mass is 289 g/mol. The summed E-state index contributed by atoms with van der Waals surface area (Å²) >= 11 is 0. The van der Waals surface area contributed by atoms with E-state index < -0.39 is 0 Å². The van der Waals surface area contributed by atoms with Crippen LogP contribution in [-0.2, 0) is 11.8 Å². The largest absolute Gasteiger partial charge is 0.378 e. The molecule has 0 radical (unpaired) electrons. The van der Waals surface area contributed by atoms with Crippen LogP contribution in [0.25, 0.3) is 11.5 Å². The summed E-state index contributed by atoms with van der Waals surface area (Å²) < 4.78 is 7.14. The van der Waals surface area contributed by atoms with Gasteiger partial charge in [0.05, 0.1) is 13.2 Å². The van der Waals surface area contributed by atoms with E-state index in [1.54, 1.807) is 10.9 Å². The lowest BCUT2D eigenvalue weighted by Gasteiger charge is -2.27. The summed E-state index contributed by atoms with van der Waals surface area (Å²) in [7, 11) is 1.88. The van der Waals surface area contributed by atoms with Crippen LogP contribution in [0.2, 0.25) is 0 Å². The molecule has 8 nitrogen and oxygen atoms in total. The van der Waals surface area contributed by atoms with Gasteiger partial charge in [0.25, 0.3) is 0 Å². The summed E-state index contributed by atoms with van der Waals surface area (Å²) in [6.45, 7) is 5.76. The molecule has 1 N–H and O–H groups in total. The van der Waals surface area contributed by atoms with Crippen molar-refractivity contribution in [1.29, 1.82) is 0 Å². The van der Waals surface area contributed by atoms with Gasteiger partial charge in [-0.25, -0.2) is 0 Å². The van der Waals surface area contributed by atoms with Gasteiger partial charge in [-0.15, -0.1) is 0 Å². The van der Waals surface area contributed by atoms with Gasteiger partial charge in [-0.2, -0.15) is 20.1 Å². The second kappa shape index (κ2) is 6.04. The van der Waals surface area contributed by atoms with Crippen molar-refractivity contribution in [2.45, 2.75) is 6.92 Å². The molecule has 8 heteroatoms. The van der Waals surface area contributed by atoms with E-state index in [0.29, 0.717) is 30.9 Å². The molecule has 0 bridgehead atoms. The first kappa shape index (κ1) is 13.7. The van der Waals surface area contributed by atoms with Crippen molar-refractivity contribution in [2.24, 2.45) is 7.05 Å². The number of nitrogens with zero attached hydrogens (tertiary/aromatic N) is 6. The molecule has 0 aromatic carbocycles. The number of anilines is 2. The molecule has 1 saturated heterocycles. The van der Waals surface area contributed by atoms with Gasteiger partial charge in [0.2, 0.25) is 11.9 Å². The van der Waals surface area contributed by atoms with Gasteiger partial charge in [0.15, 0.2) is 5.82 Å². The lowest BCUT2D eigenvalue weighted by molar-refractivity contribution is 0.122. The molecule has 0 aliphatic carbocycles. The summed E-state index contributed by atoms with van der Waals surface area (Å²) in [6.07, 6.45) is 1.74. The number of aryl methyl sites for hydroxylation is 1. The highest BCUT2D eigenvalue weighted by molar-refractivity contribution is 5.54. The number of nitrogens with one attached hydrogen (secondary N) is 1. The van der Waals surface area contributed by atoms with Crippen molar-refractivity contribution in [1.82, 2.24) is 24.7 Å². The molecule has 0 atom stereocenters. The van der Waals surface area contributed by atoms with Gasteiger partial charge in [0, 0.05) is 32.9 Å².